The van der Waals surface area contributed by atoms with Gasteiger partial charge >= 0.3 is 0 Å². The standard InChI is InChI=1S/C22H22N2O4S/c1-24(29(26,27)21-13-6-16-4-2-3-5-17(16)14-21)19-9-11-20(12-10-19)28-15-22(25)23-18-7-8-18/h2-6,9-14,18H,7-8,15H2,1H3,(H,23,25). The lowest BCUT2D eigenvalue weighted by Crippen LogP contribution is -2.30. The Morgan fingerprint density at radius 2 is 1.72 bits per heavy atom. The van der Waals surface area contributed by atoms with Crippen molar-refractivity contribution in [1.29, 1.82) is 0 Å². The molecule has 1 saturated carbocycles. The lowest BCUT2D eigenvalue weighted by molar-refractivity contribution is -0.123. The molecule has 3 aromatic rings. The zero-order valence-corrected chi connectivity index (χ0v) is 16.9. The van der Waals surface area contributed by atoms with Crippen LogP contribution in [0.5, 0.6) is 5.75 Å². The molecular weight excluding hydrogens is 388 g/mol. The molecule has 150 valence electrons. The van der Waals surface area contributed by atoms with Crippen molar-refractivity contribution < 1.29 is 17.9 Å². The minimum Gasteiger partial charge on any atom is -0.484 e. The molecular formula is C22H22N2O4S. The summed E-state index contributed by atoms with van der Waals surface area (Å²) in [6, 6.07) is 19.7. The van der Waals surface area contributed by atoms with E-state index in [4.69, 9.17) is 4.74 Å². The maximum Gasteiger partial charge on any atom is 0.264 e. The molecule has 7 heteroatoms. The Hall–Kier alpha value is -3.06. The highest BCUT2D eigenvalue weighted by Gasteiger charge is 2.23. The SMILES string of the molecule is CN(c1ccc(OCC(=O)NC2CC2)cc1)S(=O)(=O)c1ccc2ccccc2c1. The van der Waals surface area contributed by atoms with Gasteiger partial charge in [-0.15, -0.1) is 0 Å². The van der Waals surface area contributed by atoms with Crippen LogP contribution in [0, 0.1) is 0 Å². The molecule has 4 rings (SSSR count). The summed E-state index contributed by atoms with van der Waals surface area (Å²) in [5.74, 6) is 0.365. The zero-order valence-electron chi connectivity index (χ0n) is 16.0. The second-order valence-corrected chi connectivity index (χ2v) is 9.08. The maximum atomic E-state index is 13.0. The highest BCUT2D eigenvalue weighted by molar-refractivity contribution is 7.92. The quantitative estimate of drug-likeness (QED) is 0.648. The van der Waals surface area contributed by atoms with Gasteiger partial charge in [0.15, 0.2) is 6.61 Å². The van der Waals surface area contributed by atoms with Gasteiger partial charge in [-0.25, -0.2) is 8.42 Å². The van der Waals surface area contributed by atoms with Crippen LogP contribution in [-0.4, -0.2) is 34.0 Å². The van der Waals surface area contributed by atoms with E-state index < -0.39 is 10.0 Å². The minimum absolute atomic E-state index is 0.0545. The fraction of sp³-hybridized carbons (Fsp3) is 0.227. The fourth-order valence-corrected chi connectivity index (χ4v) is 4.25. The van der Waals surface area contributed by atoms with E-state index in [2.05, 4.69) is 5.32 Å². The van der Waals surface area contributed by atoms with E-state index in [0.717, 1.165) is 23.6 Å². The van der Waals surface area contributed by atoms with Gasteiger partial charge in [0.05, 0.1) is 10.6 Å². The Balaban J connectivity index is 1.47. The van der Waals surface area contributed by atoms with Crippen LogP contribution < -0.4 is 14.4 Å². The molecule has 0 heterocycles. The van der Waals surface area contributed by atoms with Crippen molar-refractivity contribution in [2.45, 2.75) is 23.8 Å². The molecule has 0 bridgehead atoms. The van der Waals surface area contributed by atoms with Crippen LogP contribution in [0.1, 0.15) is 12.8 Å². The first-order chi connectivity index (χ1) is 13.9. The molecule has 1 N–H and O–H groups in total. The normalized spacial score (nSPS) is 13.8. The van der Waals surface area contributed by atoms with Gasteiger partial charge in [0.25, 0.3) is 15.9 Å². The molecule has 0 saturated heterocycles. The largest absolute Gasteiger partial charge is 0.484 e. The number of anilines is 1. The number of nitrogens with one attached hydrogen (secondary N) is 1. The van der Waals surface area contributed by atoms with Crippen LogP contribution in [0.2, 0.25) is 0 Å². The summed E-state index contributed by atoms with van der Waals surface area (Å²) >= 11 is 0. The molecule has 0 radical (unpaired) electrons. The predicted molar refractivity (Wildman–Crippen MR) is 113 cm³/mol. The Morgan fingerprint density at radius 1 is 1.03 bits per heavy atom. The summed E-state index contributed by atoms with van der Waals surface area (Å²) in [5.41, 5.74) is 0.507. The number of sulfonamides is 1. The third-order valence-electron chi connectivity index (χ3n) is 4.89. The summed E-state index contributed by atoms with van der Waals surface area (Å²) in [6.07, 6.45) is 2.05. The number of amides is 1. The number of carbonyl (C=O) groups excluding carboxylic acids is 1. The monoisotopic (exact) mass is 410 g/mol. The molecule has 3 aromatic carbocycles. The van der Waals surface area contributed by atoms with Gasteiger partial charge < -0.3 is 10.1 Å². The van der Waals surface area contributed by atoms with E-state index in [1.54, 1.807) is 42.5 Å². The number of hydrogen-bond donors (Lipinski definition) is 1. The number of rotatable bonds is 7. The van der Waals surface area contributed by atoms with E-state index >= 15 is 0 Å². The Bertz CT molecular complexity index is 1140. The van der Waals surface area contributed by atoms with Crippen molar-refractivity contribution in [2.24, 2.45) is 0 Å². The van der Waals surface area contributed by atoms with Crippen LogP contribution in [0.4, 0.5) is 5.69 Å². The molecule has 0 spiro atoms. The Kier molecular flexibility index (Phi) is 5.15. The van der Waals surface area contributed by atoms with Gasteiger partial charge in [-0.1, -0.05) is 30.3 Å². The second-order valence-electron chi connectivity index (χ2n) is 7.11. The van der Waals surface area contributed by atoms with Gasteiger partial charge in [0, 0.05) is 13.1 Å². The van der Waals surface area contributed by atoms with Crippen molar-refractivity contribution in [2.75, 3.05) is 18.0 Å². The second kappa shape index (κ2) is 7.75. The van der Waals surface area contributed by atoms with Gasteiger partial charge in [0.1, 0.15) is 5.75 Å². The molecule has 0 atom stereocenters. The molecule has 29 heavy (non-hydrogen) atoms. The van der Waals surface area contributed by atoms with E-state index in [-0.39, 0.29) is 17.4 Å². The van der Waals surface area contributed by atoms with Crippen LogP contribution in [-0.2, 0) is 14.8 Å². The van der Waals surface area contributed by atoms with Crippen molar-refractivity contribution in [3.63, 3.8) is 0 Å². The van der Waals surface area contributed by atoms with Crippen LogP contribution in [0.25, 0.3) is 10.8 Å². The summed E-state index contributed by atoms with van der Waals surface area (Å²) in [6.45, 7) is -0.0545. The van der Waals surface area contributed by atoms with Crippen molar-refractivity contribution in [3.05, 3.63) is 66.7 Å². The summed E-state index contributed by atoms with van der Waals surface area (Å²) < 4.78 is 32.8. The zero-order chi connectivity index (χ0) is 20.4. The Morgan fingerprint density at radius 3 is 2.41 bits per heavy atom. The maximum absolute atomic E-state index is 13.0. The lowest BCUT2D eigenvalue weighted by atomic mass is 10.1. The van der Waals surface area contributed by atoms with Crippen LogP contribution >= 0.6 is 0 Å². The first-order valence-electron chi connectivity index (χ1n) is 9.43. The average molecular weight is 410 g/mol. The van der Waals surface area contributed by atoms with E-state index in [9.17, 15) is 13.2 Å². The molecule has 6 nitrogen and oxygen atoms in total. The highest BCUT2D eigenvalue weighted by Crippen LogP contribution is 2.26. The van der Waals surface area contributed by atoms with Crippen molar-refractivity contribution in [3.8, 4) is 5.75 Å². The topological polar surface area (TPSA) is 75.7 Å². The molecule has 1 amide bonds. The summed E-state index contributed by atoms with van der Waals surface area (Å²) in [7, 11) is -2.18. The number of nitrogens with zero attached hydrogens (tertiary/aromatic N) is 1. The molecule has 1 aliphatic carbocycles. The van der Waals surface area contributed by atoms with E-state index in [1.165, 1.54) is 11.4 Å². The molecule has 1 aliphatic rings. The fourth-order valence-electron chi connectivity index (χ4n) is 3.02. The van der Waals surface area contributed by atoms with Gasteiger partial charge in [-0.2, -0.15) is 0 Å². The van der Waals surface area contributed by atoms with Gasteiger partial charge in [-0.3, -0.25) is 9.10 Å². The van der Waals surface area contributed by atoms with Crippen molar-refractivity contribution >= 4 is 32.4 Å². The smallest absolute Gasteiger partial charge is 0.264 e. The van der Waals surface area contributed by atoms with Gasteiger partial charge in [-0.05, 0) is 60.0 Å². The predicted octanol–water partition coefficient (Wildman–Crippen LogP) is 3.32. The number of carbonyl (C=O) groups is 1. The summed E-state index contributed by atoms with van der Waals surface area (Å²) in [4.78, 5) is 11.9. The van der Waals surface area contributed by atoms with E-state index in [1.807, 2.05) is 24.3 Å². The molecule has 0 aliphatic heterocycles. The Labute approximate surface area is 170 Å². The number of ether oxygens (including phenoxy) is 1. The average Bonchev–Trinajstić information content (AvgIpc) is 3.55. The number of hydrogen-bond acceptors (Lipinski definition) is 4. The summed E-state index contributed by atoms with van der Waals surface area (Å²) in [5, 5.41) is 4.71. The van der Waals surface area contributed by atoms with Crippen LogP contribution in [0.3, 0.4) is 0 Å². The van der Waals surface area contributed by atoms with Gasteiger partial charge in [0.2, 0.25) is 0 Å². The van der Waals surface area contributed by atoms with Crippen LogP contribution in [0.15, 0.2) is 71.6 Å². The third-order valence-corrected chi connectivity index (χ3v) is 6.67. The number of benzene rings is 3. The molecule has 1 fully saturated rings. The first kappa shape index (κ1) is 19.3. The number of fused-ring (bicyclic) bond motifs is 1. The highest BCUT2D eigenvalue weighted by atomic mass is 32.2. The van der Waals surface area contributed by atoms with E-state index in [0.29, 0.717) is 17.5 Å². The minimum atomic E-state index is -3.70. The lowest BCUT2D eigenvalue weighted by Gasteiger charge is -2.20. The third kappa shape index (κ3) is 4.35. The molecule has 0 aromatic heterocycles. The van der Waals surface area contributed by atoms with Crippen molar-refractivity contribution in [1.82, 2.24) is 5.32 Å². The molecule has 0 unspecified atom stereocenters. The first-order valence-corrected chi connectivity index (χ1v) is 10.9.